The summed E-state index contributed by atoms with van der Waals surface area (Å²) in [6.07, 6.45) is 3.42. The smallest absolute Gasteiger partial charge is 0.242 e. The first-order valence-corrected chi connectivity index (χ1v) is 9.20. The summed E-state index contributed by atoms with van der Waals surface area (Å²) in [5.41, 5.74) is 0.938. The molecule has 2 amide bonds. The molecule has 1 fully saturated rings. The Hall–Kier alpha value is -2.67. The molecular weight excluding hydrogens is 366 g/mol. The summed E-state index contributed by atoms with van der Waals surface area (Å²) in [7, 11) is 0. The number of benzene rings is 1. The summed E-state index contributed by atoms with van der Waals surface area (Å²) >= 11 is 5.90. The van der Waals surface area contributed by atoms with Gasteiger partial charge < -0.3 is 14.7 Å². The Morgan fingerprint density at radius 1 is 1.07 bits per heavy atom. The van der Waals surface area contributed by atoms with Gasteiger partial charge in [-0.15, -0.1) is 0 Å². The highest BCUT2D eigenvalue weighted by Gasteiger charge is 2.24. The van der Waals surface area contributed by atoms with Crippen LogP contribution in [0.3, 0.4) is 0 Å². The van der Waals surface area contributed by atoms with E-state index in [1.54, 1.807) is 40.4 Å². The molecule has 0 saturated carbocycles. The Morgan fingerprint density at radius 2 is 1.70 bits per heavy atom. The van der Waals surface area contributed by atoms with Crippen molar-refractivity contribution in [1.29, 1.82) is 0 Å². The molecule has 1 aliphatic rings. The minimum Gasteiger partial charge on any atom is -0.338 e. The van der Waals surface area contributed by atoms with Gasteiger partial charge in [-0.25, -0.2) is 9.97 Å². The van der Waals surface area contributed by atoms with Gasteiger partial charge in [0, 0.05) is 57.1 Å². The van der Waals surface area contributed by atoms with E-state index in [2.05, 4.69) is 14.9 Å². The minimum atomic E-state index is -0.130. The molecule has 2 aromatic rings. The second kappa shape index (κ2) is 8.81. The molecule has 2 heterocycles. The van der Waals surface area contributed by atoms with Crippen molar-refractivity contribution in [2.45, 2.75) is 13.5 Å². The van der Waals surface area contributed by atoms with E-state index in [1.807, 2.05) is 12.1 Å². The topological polar surface area (TPSA) is 69.6 Å². The second-order valence-corrected chi connectivity index (χ2v) is 6.85. The van der Waals surface area contributed by atoms with E-state index in [9.17, 15) is 9.59 Å². The van der Waals surface area contributed by atoms with E-state index < -0.39 is 0 Å². The fraction of sp³-hybridized carbons (Fsp3) is 0.368. The first kappa shape index (κ1) is 19.1. The van der Waals surface area contributed by atoms with E-state index in [4.69, 9.17) is 11.6 Å². The van der Waals surface area contributed by atoms with Crippen LogP contribution in [0.4, 0.5) is 5.95 Å². The van der Waals surface area contributed by atoms with Crippen LogP contribution in [0.2, 0.25) is 5.02 Å². The summed E-state index contributed by atoms with van der Waals surface area (Å²) in [5, 5.41) is 0.643. The predicted octanol–water partition coefficient (Wildman–Crippen LogP) is 1.83. The maximum Gasteiger partial charge on any atom is 0.242 e. The van der Waals surface area contributed by atoms with Crippen LogP contribution in [0, 0.1) is 0 Å². The normalized spacial score (nSPS) is 14.1. The van der Waals surface area contributed by atoms with Crippen molar-refractivity contribution in [1.82, 2.24) is 19.8 Å². The van der Waals surface area contributed by atoms with Gasteiger partial charge in [0.05, 0.1) is 0 Å². The molecule has 7 nitrogen and oxygen atoms in total. The van der Waals surface area contributed by atoms with E-state index in [1.165, 1.54) is 6.92 Å². The number of hydrogen-bond acceptors (Lipinski definition) is 5. The largest absolute Gasteiger partial charge is 0.338 e. The maximum absolute atomic E-state index is 12.7. The first-order chi connectivity index (χ1) is 13.0. The molecule has 1 saturated heterocycles. The Morgan fingerprint density at radius 3 is 2.30 bits per heavy atom. The number of nitrogens with zero attached hydrogens (tertiary/aromatic N) is 5. The van der Waals surface area contributed by atoms with E-state index in [0.29, 0.717) is 43.7 Å². The van der Waals surface area contributed by atoms with Crippen LogP contribution in [-0.4, -0.2) is 64.3 Å². The number of hydrogen-bond donors (Lipinski definition) is 0. The Labute approximate surface area is 163 Å². The van der Waals surface area contributed by atoms with Gasteiger partial charge in [-0.2, -0.15) is 0 Å². The third kappa shape index (κ3) is 5.17. The standard InChI is InChI=1S/C19H22ClN5O2/c1-15(26)25(13-16-3-5-17(20)6-4-16)14-18(27)23-9-11-24(12-10-23)19-21-7-2-8-22-19/h2-8H,9-14H2,1H3. The van der Waals surface area contributed by atoms with Crippen molar-refractivity contribution in [3.05, 3.63) is 53.3 Å². The van der Waals surface area contributed by atoms with Crippen molar-refractivity contribution >= 4 is 29.4 Å². The van der Waals surface area contributed by atoms with Crippen LogP contribution >= 0.6 is 11.6 Å². The van der Waals surface area contributed by atoms with Gasteiger partial charge in [-0.05, 0) is 23.8 Å². The fourth-order valence-corrected chi connectivity index (χ4v) is 3.09. The molecule has 27 heavy (non-hydrogen) atoms. The van der Waals surface area contributed by atoms with E-state index >= 15 is 0 Å². The van der Waals surface area contributed by atoms with Crippen molar-refractivity contribution < 1.29 is 9.59 Å². The van der Waals surface area contributed by atoms with Crippen LogP contribution < -0.4 is 4.90 Å². The molecule has 0 bridgehead atoms. The SMILES string of the molecule is CC(=O)N(CC(=O)N1CCN(c2ncccn2)CC1)Cc1ccc(Cl)cc1. The average molecular weight is 388 g/mol. The molecule has 0 atom stereocenters. The number of anilines is 1. The maximum atomic E-state index is 12.7. The molecule has 0 aliphatic carbocycles. The summed E-state index contributed by atoms with van der Waals surface area (Å²) < 4.78 is 0. The molecule has 8 heteroatoms. The number of amides is 2. The number of carbonyl (C=O) groups is 2. The molecule has 1 aromatic heterocycles. The zero-order chi connectivity index (χ0) is 19.2. The molecule has 0 N–H and O–H groups in total. The third-order valence-corrected chi connectivity index (χ3v) is 4.78. The van der Waals surface area contributed by atoms with E-state index in [0.717, 1.165) is 5.56 Å². The van der Waals surface area contributed by atoms with Gasteiger partial charge in [0.25, 0.3) is 0 Å². The van der Waals surface area contributed by atoms with Gasteiger partial charge in [0.15, 0.2) is 0 Å². The molecule has 0 spiro atoms. The molecule has 1 aliphatic heterocycles. The van der Waals surface area contributed by atoms with Crippen LogP contribution in [0.5, 0.6) is 0 Å². The highest BCUT2D eigenvalue weighted by Crippen LogP contribution is 2.13. The lowest BCUT2D eigenvalue weighted by Gasteiger charge is -2.35. The highest BCUT2D eigenvalue weighted by molar-refractivity contribution is 6.30. The average Bonchev–Trinajstić information content (AvgIpc) is 2.69. The van der Waals surface area contributed by atoms with Crippen molar-refractivity contribution in [2.75, 3.05) is 37.6 Å². The van der Waals surface area contributed by atoms with Gasteiger partial charge in [0.2, 0.25) is 17.8 Å². The molecule has 1 aromatic carbocycles. The third-order valence-electron chi connectivity index (χ3n) is 4.53. The van der Waals surface area contributed by atoms with Crippen LogP contribution in [0.15, 0.2) is 42.7 Å². The molecule has 0 radical (unpaired) electrons. The molecule has 3 rings (SSSR count). The van der Waals surface area contributed by atoms with E-state index in [-0.39, 0.29) is 18.4 Å². The second-order valence-electron chi connectivity index (χ2n) is 6.42. The van der Waals surface area contributed by atoms with Crippen LogP contribution in [0.25, 0.3) is 0 Å². The summed E-state index contributed by atoms with van der Waals surface area (Å²) in [5.74, 6) is 0.500. The number of aromatic nitrogens is 2. The van der Waals surface area contributed by atoms with Gasteiger partial charge in [-0.3, -0.25) is 9.59 Å². The van der Waals surface area contributed by atoms with Crippen molar-refractivity contribution in [2.24, 2.45) is 0 Å². The lowest BCUT2D eigenvalue weighted by molar-refractivity contribution is -0.140. The van der Waals surface area contributed by atoms with Crippen molar-refractivity contribution in [3.8, 4) is 0 Å². The zero-order valence-electron chi connectivity index (χ0n) is 15.2. The Bertz CT molecular complexity index is 776. The van der Waals surface area contributed by atoms with Crippen molar-refractivity contribution in [3.63, 3.8) is 0 Å². The number of rotatable bonds is 5. The monoisotopic (exact) mass is 387 g/mol. The summed E-state index contributed by atoms with van der Waals surface area (Å²) in [4.78, 5) is 38.5. The van der Waals surface area contributed by atoms with Gasteiger partial charge in [-0.1, -0.05) is 23.7 Å². The summed E-state index contributed by atoms with van der Waals surface area (Å²) in [6.45, 7) is 4.46. The lowest BCUT2D eigenvalue weighted by atomic mass is 10.2. The molecular formula is C19H22ClN5O2. The van der Waals surface area contributed by atoms with Gasteiger partial charge in [0.1, 0.15) is 6.54 Å². The quantitative estimate of drug-likeness (QED) is 0.782. The van der Waals surface area contributed by atoms with Crippen LogP contribution in [0.1, 0.15) is 12.5 Å². The Kier molecular flexibility index (Phi) is 6.24. The van der Waals surface area contributed by atoms with Gasteiger partial charge >= 0.3 is 0 Å². The zero-order valence-corrected chi connectivity index (χ0v) is 16.0. The summed E-state index contributed by atoms with van der Waals surface area (Å²) in [6, 6.07) is 9.06. The highest BCUT2D eigenvalue weighted by atomic mass is 35.5. The minimum absolute atomic E-state index is 0.0483. The number of piperazine rings is 1. The number of halogens is 1. The Balaban J connectivity index is 1.55. The lowest BCUT2D eigenvalue weighted by Crippen LogP contribution is -2.52. The molecule has 0 unspecified atom stereocenters. The predicted molar refractivity (Wildman–Crippen MR) is 103 cm³/mol. The fourth-order valence-electron chi connectivity index (χ4n) is 2.96. The number of carbonyl (C=O) groups excluding carboxylic acids is 2. The van der Waals surface area contributed by atoms with Crippen LogP contribution in [-0.2, 0) is 16.1 Å². The first-order valence-electron chi connectivity index (χ1n) is 8.82. The molecule has 142 valence electrons.